The summed E-state index contributed by atoms with van der Waals surface area (Å²) in [6.45, 7) is 7.80. The number of hydrogen-bond acceptors (Lipinski definition) is 3. The highest BCUT2D eigenvalue weighted by atomic mass is 32.2. The minimum Gasteiger partial charge on any atom is -0.315 e. The fraction of sp³-hybridized carbons (Fsp3) is 0.600. The SMILES string of the molecule is CC(C)N(C)CCNCCCSc1ccccc1. The van der Waals surface area contributed by atoms with Gasteiger partial charge in [0.25, 0.3) is 0 Å². The summed E-state index contributed by atoms with van der Waals surface area (Å²) in [5.74, 6) is 1.19. The predicted octanol–water partition coefficient (Wildman–Crippen LogP) is 3.10. The van der Waals surface area contributed by atoms with E-state index >= 15 is 0 Å². The van der Waals surface area contributed by atoms with Crippen LogP contribution in [0.1, 0.15) is 20.3 Å². The zero-order valence-electron chi connectivity index (χ0n) is 11.9. The van der Waals surface area contributed by atoms with Crippen LogP contribution in [0.2, 0.25) is 0 Å². The van der Waals surface area contributed by atoms with Crippen LogP contribution < -0.4 is 5.32 Å². The third-order valence-corrected chi connectivity index (χ3v) is 4.13. The van der Waals surface area contributed by atoms with Gasteiger partial charge in [-0.3, -0.25) is 0 Å². The van der Waals surface area contributed by atoms with Crippen molar-refractivity contribution < 1.29 is 0 Å². The molecule has 0 aliphatic rings. The highest BCUT2D eigenvalue weighted by molar-refractivity contribution is 7.99. The molecule has 0 fully saturated rings. The average molecular weight is 266 g/mol. The van der Waals surface area contributed by atoms with E-state index in [0.717, 1.165) is 19.6 Å². The lowest BCUT2D eigenvalue weighted by molar-refractivity contribution is 0.273. The molecule has 0 atom stereocenters. The molecule has 0 aliphatic heterocycles. The third kappa shape index (κ3) is 7.04. The number of benzene rings is 1. The van der Waals surface area contributed by atoms with Gasteiger partial charge < -0.3 is 10.2 Å². The summed E-state index contributed by atoms with van der Waals surface area (Å²) >= 11 is 1.94. The van der Waals surface area contributed by atoms with Crippen LogP contribution in [0.15, 0.2) is 35.2 Å². The number of hydrogen-bond donors (Lipinski definition) is 1. The first-order valence-corrected chi connectivity index (χ1v) is 7.77. The van der Waals surface area contributed by atoms with Crippen LogP contribution in [0.5, 0.6) is 0 Å². The van der Waals surface area contributed by atoms with Crippen LogP contribution in [0, 0.1) is 0 Å². The molecule has 0 aromatic heterocycles. The first kappa shape index (κ1) is 15.5. The van der Waals surface area contributed by atoms with Crippen molar-refractivity contribution in [3.8, 4) is 0 Å². The number of rotatable bonds is 9. The van der Waals surface area contributed by atoms with Gasteiger partial charge in [-0.05, 0) is 51.7 Å². The van der Waals surface area contributed by atoms with E-state index in [1.807, 2.05) is 11.8 Å². The quantitative estimate of drug-likeness (QED) is 0.546. The van der Waals surface area contributed by atoms with Gasteiger partial charge in [-0.1, -0.05) is 18.2 Å². The Hall–Kier alpha value is -0.510. The van der Waals surface area contributed by atoms with E-state index in [1.54, 1.807) is 0 Å². The van der Waals surface area contributed by atoms with Gasteiger partial charge in [0.05, 0.1) is 0 Å². The molecule has 0 radical (unpaired) electrons. The van der Waals surface area contributed by atoms with Gasteiger partial charge >= 0.3 is 0 Å². The molecule has 0 aliphatic carbocycles. The monoisotopic (exact) mass is 266 g/mol. The average Bonchev–Trinajstić information content (AvgIpc) is 2.38. The standard InChI is InChI=1S/C15H26N2S/c1-14(2)17(3)12-11-16-10-7-13-18-15-8-5-4-6-9-15/h4-6,8-9,14,16H,7,10-13H2,1-3H3. The van der Waals surface area contributed by atoms with Gasteiger partial charge in [-0.2, -0.15) is 0 Å². The summed E-state index contributed by atoms with van der Waals surface area (Å²) in [7, 11) is 2.18. The molecule has 1 N–H and O–H groups in total. The molecule has 1 aromatic rings. The Morgan fingerprint density at radius 1 is 1.17 bits per heavy atom. The maximum Gasteiger partial charge on any atom is 0.0106 e. The van der Waals surface area contributed by atoms with Gasteiger partial charge in [-0.15, -0.1) is 11.8 Å². The smallest absolute Gasteiger partial charge is 0.0106 e. The van der Waals surface area contributed by atoms with Crippen molar-refractivity contribution in [1.29, 1.82) is 0 Å². The van der Waals surface area contributed by atoms with Gasteiger partial charge in [0.15, 0.2) is 0 Å². The van der Waals surface area contributed by atoms with Crippen LogP contribution in [0.25, 0.3) is 0 Å². The molecule has 0 heterocycles. The van der Waals surface area contributed by atoms with Crippen LogP contribution in [-0.4, -0.2) is 43.4 Å². The Kier molecular flexibility index (Phi) is 8.14. The first-order valence-electron chi connectivity index (χ1n) is 6.79. The second-order valence-electron chi connectivity index (χ2n) is 4.84. The fourth-order valence-electron chi connectivity index (χ4n) is 1.54. The zero-order chi connectivity index (χ0) is 13.2. The maximum atomic E-state index is 3.50. The molecule has 0 bridgehead atoms. The summed E-state index contributed by atoms with van der Waals surface area (Å²) in [6.07, 6.45) is 1.23. The molecule has 0 amide bonds. The molecule has 0 unspecified atom stereocenters. The minimum atomic E-state index is 0.639. The normalized spacial score (nSPS) is 11.4. The van der Waals surface area contributed by atoms with E-state index in [9.17, 15) is 0 Å². The second kappa shape index (κ2) is 9.42. The Morgan fingerprint density at radius 2 is 1.89 bits per heavy atom. The van der Waals surface area contributed by atoms with Gasteiger partial charge in [0.2, 0.25) is 0 Å². The molecule has 0 saturated carbocycles. The van der Waals surface area contributed by atoms with Crippen molar-refractivity contribution >= 4 is 11.8 Å². The van der Waals surface area contributed by atoms with Gasteiger partial charge in [0.1, 0.15) is 0 Å². The molecular weight excluding hydrogens is 240 g/mol. The van der Waals surface area contributed by atoms with Crippen molar-refractivity contribution in [2.24, 2.45) is 0 Å². The van der Waals surface area contributed by atoms with Gasteiger partial charge in [0, 0.05) is 24.0 Å². The molecule has 0 spiro atoms. The van der Waals surface area contributed by atoms with Gasteiger partial charge in [-0.25, -0.2) is 0 Å². The van der Waals surface area contributed by atoms with Crippen molar-refractivity contribution in [3.05, 3.63) is 30.3 Å². The maximum absolute atomic E-state index is 3.50. The molecule has 1 aromatic carbocycles. The second-order valence-corrected chi connectivity index (χ2v) is 6.01. The van der Waals surface area contributed by atoms with E-state index in [2.05, 4.69) is 61.4 Å². The Bertz CT molecular complexity index is 301. The van der Waals surface area contributed by atoms with Crippen molar-refractivity contribution in [3.63, 3.8) is 0 Å². The molecular formula is C15H26N2S. The van der Waals surface area contributed by atoms with Crippen LogP contribution >= 0.6 is 11.8 Å². The Labute approximate surface area is 116 Å². The van der Waals surface area contributed by atoms with Crippen molar-refractivity contribution in [2.45, 2.75) is 31.2 Å². The lowest BCUT2D eigenvalue weighted by Crippen LogP contribution is -2.34. The molecule has 2 nitrogen and oxygen atoms in total. The van der Waals surface area contributed by atoms with Crippen molar-refractivity contribution in [2.75, 3.05) is 32.4 Å². The van der Waals surface area contributed by atoms with Crippen LogP contribution in [0.4, 0.5) is 0 Å². The molecule has 3 heteroatoms. The summed E-state index contributed by atoms with van der Waals surface area (Å²) < 4.78 is 0. The molecule has 102 valence electrons. The largest absolute Gasteiger partial charge is 0.315 e. The summed E-state index contributed by atoms with van der Waals surface area (Å²) in [4.78, 5) is 3.74. The van der Waals surface area contributed by atoms with E-state index in [4.69, 9.17) is 0 Å². The number of thioether (sulfide) groups is 1. The highest BCUT2D eigenvalue weighted by Crippen LogP contribution is 2.17. The summed E-state index contributed by atoms with van der Waals surface area (Å²) in [6, 6.07) is 11.3. The molecule has 1 rings (SSSR count). The highest BCUT2D eigenvalue weighted by Gasteiger charge is 2.01. The Balaban J connectivity index is 1.93. The van der Waals surface area contributed by atoms with Crippen LogP contribution in [0.3, 0.4) is 0 Å². The molecule has 18 heavy (non-hydrogen) atoms. The summed E-state index contributed by atoms with van der Waals surface area (Å²) in [5, 5.41) is 3.50. The third-order valence-electron chi connectivity index (χ3n) is 3.03. The molecule has 0 saturated heterocycles. The lowest BCUT2D eigenvalue weighted by atomic mass is 10.3. The number of nitrogens with zero attached hydrogens (tertiary/aromatic N) is 1. The predicted molar refractivity (Wildman–Crippen MR) is 82.4 cm³/mol. The van der Waals surface area contributed by atoms with E-state index in [0.29, 0.717) is 6.04 Å². The van der Waals surface area contributed by atoms with E-state index < -0.39 is 0 Å². The number of likely N-dealkylation sites (N-methyl/N-ethyl adjacent to an activating group) is 1. The van der Waals surface area contributed by atoms with E-state index in [-0.39, 0.29) is 0 Å². The minimum absolute atomic E-state index is 0.639. The number of nitrogens with one attached hydrogen (secondary N) is 1. The lowest BCUT2D eigenvalue weighted by Gasteiger charge is -2.20. The topological polar surface area (TPSA) is 15.3 Å². The summed E-state index contributed by atoms with van der Waals surface area (Å²) in [5.41, 5.74) is 0. The zero-order valence-corrected chi connectivity index (χ0v) is 12.7. The Morgan fingerprint density at radius 3 is 2.56 bits per heavy atom. The fourth-order valence-corrected chi connectivity index (χ4v) is 2.42. The van der Waals surface area contributed by atoms with E-state index in [1.165, 1.54) is 17.1 Å². The van der Waals surface area contributed by atoms with Crippen LogP contribution in [-0.2, 0) is 0 Å². The van der Waals surface area contributed by atoms with Crippen molar-refractivity contribution in [1.82, 2.24) is 10.2 Å². The first-order chi connectivity index (χ1) is 8.70.